The molecule has 3 rings (SSSR count). The normalized spacial score (nSPS) is 22.5. The summed E-state index contributed by atoms with van der Waals surface area (Å²) in [6.45, 7) is -0.116. The van der Waals surface area contributed by atoms with E-state index >= 15 is 0 Å². The van der Waals surface area contributed by atoms with E-state index in [0.29, 0.717) is 12.8 Å². The van der Waals surface area contributed by atoms with Gasteiger partial charge in [0.05, 0.1) is 11.8 Å². The van der Waals surface area contributed by atoms with Crippen LogP contribution in [0.4, 0.5) is 4.79 Å². The molecule has 0 radical (unpaired) electrons. The molecule has 2 atom stereocenters. The Kier molecular flexibility index (Phi) is 5.11. The first-order chi connectivity index (χ1) is 12.1. The topological polar surface area (TPSA) is 95.6 Å². The van der Waals surface area contributed by atoms with Gasteiger partial charge in [0, 0.05) is 6.54 Å². The Bertz CT molecular complexity index is 665. The Morgan fingerprint density at radius 1 is 1.00 bits per heavy atom. The van der Waals surface area contributed by atoms with Crippen molar-refractivity contribution in [2.45, 2.75) is 32.2 Å². The smallest absolute Gasteiger partial charge is 0.321 e. The molecule has 1 saturated heterocycles. The highest BCUT2D eigenvalue weighted by Crippen LogP contribution is 2.37. The second-order valence-corrected chi connectivity index (χ2v) is 6.48. The molecule has 2 fully saturated rings. The fourth-order valence-corrected chi connectivity index (χ4v) is 3.52. The Labute approximate surface area is 145 Å². The Balaban J connectivity index is 1.49. The molecule has 7 heteroatoms. The van der Waals surface area contributed by atoms with E-state index in [9.17, 15) is 19.2 Å². The third kappa shape index (κ3) is 3.87. The highest BCUT2D eigenvalue weighted by atomic mass is 16.2. The van der Waals surface area contributed by atoms with Gasteiger partial charge in [-0.15, -0.1) is 0 Å². The Morgan fingerprint density at radius 3 is 2.20 bits per heavy atom. The minimum Gasteiger partial charge on any atom is -0.334 e. The predicted octanol–water partition coefficient (Wildman–Crippen LogP) is 1.19. The van der Waals surface area contributed by atoms with E-state index < -0.39 is 18.5 Å². The predicted molar refractivity (Wildman–Crippen MR) is 89.0 cm³/mol. The highest BCUT2D eigenvalue weighted by molar-refractivity contribution is 6.08. The number of likely N-dealkylation sites (tertiary alicyclic amines) is 1. The first kappa shape index (κ1) is 17.1. The summed E-state index contributed by atoms with van der Waals surface area (Å²) < 4.78 is 0. The molecule has 132 valence electrons. The van der Waals surface area contributed by atoms with E-state index in [1.807, 2.05) is 30.3 Å². The number of rotatable bonds is 4. The number of amides is 5. The van der Waals surface area contributed by atoms with Crippen LogP contribution < -0.4 is 10.6 Å². The van der Waals surface area contributed by atoms with Crippen molar-refractivity contribution in [3.8, 4) is 0 Å². The quantitative estimate of drug-likeness (QED) is 0.803. The van der Waals surface area contributed by atoms with Crippen LogP contribution in [0.3, 0.4) is 0 Å². The molecule has 0 bridgehead atoms. The van der Waals surface area contributed by atoms with Crippen molar-refractivity contribution in [2.75, 3.05) is 6.54 Å². The number of hydrogen-bond donors (Lipinski definition) is 2. The van der Waals surface area contributed by atoms with Gasteiger partial charge in [0.1, 0.15) is 6.54 Å². The van der Waals surface area contributed by atoms with Crippen molar-refractivity contribution in [3.63, 3.8) is 0 Å². The second kappa shape index (κ2) is 7.46. The number of urea groups is 1. The van der Waals surface area contributed by atoms with Gasteiger partial charge < -0.3 is 5.32 Å². The zero-order chi connectivity index (χ0) is 17.8. The van der Waals surface area contributed by atoms with Crippen LogP contribution in [0.15, 0.2) is 30.3 Å². The van der Waals surface area contributed by atoms with Crippen LogP contribution >= 0.6 is 0 Å². The maximum atomic E-state index is 12.3. The molecule has 2 aliphatic rings. The first-order valence-electron chi connectivity index (χ1n) is 8.53. The zero-order valence-corrected chi connectivity index (χ0v) is 13.9. The third-order valence-electron chi connectivity index (χ3n) is 4.78. The Hall–Kier alpha value is -2.70. The lowest BCUT2D eigenvalue weighted by Crippen LogP contribution is -2.46. The van der Waals surface area contributed by atoms with E-state index in [1.165, 1.54) is 0 Å². The monoisotopic (exact) mass is 343 g/mol. The van der Waals surface area contributed by atoms with E-state index in [2.05, 4.69) is 10.6 Å². The van der Waals surface area contributed by atoms with Crippen LogP contribution in [-0.4, -0.2) is 35.2 Å². The average Bonchev–Trinajstić information content (AvgIpc) is 2.86. The van der Waals surface area contributed by atoms with Crippen LogP contribution in [0.25, 0.3) is 0 Å². The van der Waals surface area contributed by atoms with Crippen molar-refractivity contribution in [1.82, 2.24) is 15.5 Å². The van der Waals surface area contributed by atoms with Crippen LogP contribution in [-0.2, 0) is 20.9 Å². The fraction of sp³-hybridized carbons (Fsp3) is 0.444. The summed E-state index contributed by atoms with van der Waals surface area (Å²) in [7, 11) is 0. The van der Waals surface area contributed by atoms with Crippen molar-refractivity contribution in [1.29, 1.82) is 0 Å². The number of imide groups is 2. The SMILES string of the molecule is O=C(CN1C(=O)[C@H]2CCCC[C@H]2C1=O)NC(=O)NCc1ccccc1. The van der Waals surface area contributed by atoms with Crippen molar-refractivity contribution < 1.29 is 19.2 Å². The van der Waals surface area contributed by atoms with Gasteiger partial charge in [-0.2, -0.15) is 0 Å². The number of nitrogens with one attached hydrogen (secondary N) is 2. The van der Waals surface area contributed by atoms with Crippen LogP contribution in [0.2, 0.25) is 0 Å². The van der Waals surface area contributed by atoms with Crippen molar-refractivity contribution in [2.24, 2.45) is 11.8 Å². The molecule has 7 nitrogen and oxygen atoms in total. The first-order valence-corrected chi connectivity index (χ1v) is 8.53. The van der Waals surface area contributed by atoms with Crippen LogP contribution in [0.1, 0.15) is 31.2 Å². The molecule has 25 heavy (non-hydrogen) atoms. The fourth-order valence-electron chi connectivity index (χ4n) is 3.52. The van der Waals surface area contributed by atoms with E-state index in [4.69, 9.17) is 0 Å². The van der Waals surface area contributed by atoms with Gasteiger partial charge in [0.2, 0.25) is 17.7 Å². The number of fused-ring (bicyclic) bond motifs is 1. The number of nitrogens with zero attached hydrogens (tertiary/aromatic N) is 1. The van der Waals surface area contributed by atoms with E-state index in [0.717, 1.165) is 23.3 Å². The summed E-state index contributed by atoms with van der Waals surface area (Å²) >= 11 is 0. The average molecular weight is 343 g/mol. The molecule has 1 aromatic rings. The minimum absolute atomic E-state index is 0.283. The zero-order valence-electron chi connectivity index (χ0n) is 13.9. The van der Waals surface area contributed by atoms with Gasteiger partial charge in [-0.25, -0.2) is 4.79 Å². The number of carbonyl (C=O) groups excluding carboxylic acids is 4. The molecule has 2 N–H and O–H groups in total. The van der Waals surface area contributed by atoms with Crippen LogP contribution in [0, 0.1) is 11.8 Å². The van der Waals surface area contributed by atoms with Gasteiger partial charge in [0.25, 0.3) is 0 Å². The molecule has 1 saturated carbocycles. The lowest BCUT2D eigenvalue weighted by molar-refractivity contribution is -0.143. The van der Waals surface area contributed by atoms with Gasteiger partial charge >= 0.3 is 6.03 Å². The summed E-state index contributed by atoms with van der Waals surface area (Å²) in [4.78, 5) is 49.4. The van der Waals surface area contributed by atoms with Gasteiger partial charge in [-0.3, -0.25) is 24.6 Å². The molecular formula is C18H21N3O4. The second-order valence-electron chi connectivity index (χ2n) is 6.48. The molecule has 1 aliphatic carbocycles. The summed E-state index contributed by atoms with van der Waals surface area (Å²) in [5.41, 5.74) is 0.902. The summed E-state index contributed by atoms with van der Waals surface area (Å²) in [5, 5.41) is 4.73. The Morgan fingerprint density at radius 2 is 1.60 bits per heavy atom. The molecule has 1 heterocycles. The highest BCUT2D eigenvalue weighted by Gasteiger charge is 2.48. The number of carbonyl (C=O) groups is 4. The largest absolute Gasteiger partial charge is 0.334 e. The molecule has 1 aromatic carbocycles. The summed E-state index contributed by atoms with van der Waals surface area (Å²) in [5.74, 6) is -1.81. The maximum Gasteiger partial charge on any atom is 0.321 e. The summed E-state index contributed by atoms with van der Waals surface area (Å²) in [6, 6.07) is 8.63. The minimum atomic E-state index is -0.661. The molecule has 0 spiro atoms. The molecule has 1 aliphatic heterocycles. The van der Waals surface area contributed by atoms with Crippen molar-refractivity contribution in [3.05, 3.63) is 35.9 Å². The van der Waals surface area contributed by atoms with E-state index in [-0.39, 0.29) is 30.2 Å². The number of benzene rings is 1. The molecule has 0 unspecified atom stereocenters. The van der Waals surface area contributed by atoms with Gasteiger partial charge in [-0.1, -0.05) is 43.2 Å². The van der Waals surface area contributed by atoms with E-state index in [1.54, 1.807) is 0 Å². The standard InChI is InChI=1S/C18H21N3O4/c22-15(20-18(25)19-10-12-6-2-1-3-7-12)11-21-16(23)13-8-4-5-9-14(13)17(21)24/h1-3,6-7,13-14H,4-5,8-11H2,(H2,19,20,22,25)/t13-,14+. The van der Waals surface area contributed by atoms with Gasteiger partial charge in [-0.05, 0) is 18.4 Å². The van der Waals surface area contributed by atoms with Gasteiger partial charge in [0.15, 0.2) is 0 Å². The molecule has 0 aromatic heterocycles. The third-order valence-corrected chi connectivity index (χ3v) is 4.78. The summed E-state index contributed by atoms with van der Waals surface area (Å²) in [6.07, 6.45) is 3.26. The molecule has 5 amide bonds. The van der Waals surface area contributed by atoms with Crippen LogP contribution in [0.5, 0.6) is 0 Å². The number of hydrogen-bond acceptors (Lipinski definition) is 4. The molecular weight excluding hydrogens is 322 g/mol. The van der Waals surface area contributed by atoms with Crippen molar-refractivity contribution >= 4 is 23.8 Å². The lowest BCUT2D eigenvalue weighted by atomic mass is 9.81. The lowest BCUT2D eigenvalue weighted by Gasteiger charge is -2.19. The maximum absolute atomic E-state index is 12.3.